The van der Waals surface area contributed by atoms with Gasteiger partial charge in [-0.25, -0.2) is 0 Å². The summed E-state index contributed by atoms with van der Waals surface area (Å²) in [6.45, 7) is 3.79. The normalized spacial score (nSPS) is 13.8. The lowest BCUT2D eigenvalue weighted by atomic mass is 10.0. The first kappa shape index (κ1) is 15.7. The zero-order valence-corrected chi connectivity index (χ0v) is 14.4. The van der Waals surface area contributed by atoms with E-state index in [4.69, 9.17) is 4.52 Å². The quantitative estimate of drug-likeness (QED) is 0.738. The highest BCUT2D eigenvalue weighted by Crippen LogP contribution is 2.35. The lowest BCUT2D eigenvalue weighted by molar-refractivity contribution is -0.117. The number of hydrogen-bond acceptors (Lipinski definition) is 4. The average Bonchev–Trinajstić information content (AvgIpc) is 3.22. The SMILES string of the molecule is CC[C@H](Nc1ccc2c3c(cccc13)CC2)C(=O)Nc1cc(C)on1. The van der Waals surface area contributed by atoms with Crippen LogP contribution < -0.4 is 10.6 Å². The Labute approximate surface area is 146 Å². The van der Waals surface area contributed by atoms with E-state index in [1.807, 2.05) is 6.92 Å². The van der Waals surface area contributed by atoms with Crippen LogP contribution in [0, 0.1) is 6.92 Å². The van der Waals surface area contributed by atoms with Gasteiger partial charge in [0.2, 0.25) is 5.91 Å². The van der Waals surface area contributed by atoms with Gasteiger partial charge in [-0.2, -0.15) is 0 Å². The fourth-order valence-corrected chi connectivity index (χ4v) is 3.55. The average molecular weight is 335 g/mol. The molecule has 4 rings (SSSR count). The lowest BCUT2D eigenvalue weighted by Gasteiger charge is -2.19. The zero-order valence-electron chi connectivity index (χ0n) is 14.4. The minimum atomic E-state index is -0.338. The first-order valence-corrected chi connectivity index (χ1v) is 8.70. The summed E-state index contributed by atoms with van der Waals surface area (Å²) in [7, 11) is 0. The van der Waals surface area contributed by atoms with E-state index in [9.17, 15) is 4.79 Å². The summed E-state index contributed by atoms with van der Waals surface area (Å²) in [5.41, 5.74) is 3.79. The molecule has 0 spiro atoms. The number of benzene rings is 2. The number of aromatic nitrogens is 1. The summed E-state index contributed by atoms with van der Waals surface area (Å²) in [4.78, 5) is 12.6. The summed E-state index contributed by atoms with van der Waals surface area (Å²) in [5, 5.41) is 12.6. The van der Waals surface area contributed by atoms with Crippen molar-refractivity contribution in [3.8, 4) is 0 Å². The molecule has 0 fully saturated rings. The number of hydrogen-bond donors (Lipinski definition) is 2. The van der Waals surface area contributed by atoms with Gasteiger partial charge in [-0.15, -0.1) is 0 Å². The third-order valence-corrected chi connectivity index (χ3v) is 4.81. The van der Waals surface area contributed by atoms with Crippen molar-refractivity contribution in [1.29, 1.82) is 0 Å². The third-order valence-electron chi connectivity index (χ3n) is 4.81. The molecule has 0 aliphatic heterocycles. The minimum absolute atomic E-state index is 0.112. The maximum atomic E-state index is 12.6. The summed E-state index contributed by atoms with van der Waals surface area (Å²) >= 11 is 0. The van der Waals surface area contributed by atoms with Gasteiger partial charge in [-0.1, -0.05) is 36.3 Å². The molecule has 25 heavy (non-hydrogen) atoms. The second-order valence-corrected chi connectivity index (χ2v) is 6.53. The number of aryl methyl sites for hydroxylation is 3. The molecule has 0 unspecified atom stereocenters. The highest BCUT2D eigenvalue weighted by Gasteiger charge is 2.21. The van der Waals surface area contributed by atoms with Crippen molar-refractivity contribution in [2.45, 2.75) is 39.2 Å². The number of amides is 1. The highest BCUT2D eigenvalue weighted by molar-refractivity contribution is 6.02. The smallest absolute Gasteiger partial charge is 0.248 e. The van der Waals surface area contributed by atoms with Gasteiger partial charge in [0.1, 0.15) is 11.8 Å². The van der Waals surface area contributed by atoms with Gasteiger partial charge in [-0.3, -0.25) is 4.79 Å². The number of rotatable bonds is 5. The van der Waals surface area contributed by atoms with Crippen molar-refractivity contribution in [2.75, 3.05) is 10.6 Å². The Morgan fingerprint density at radius 1 is 1.24 bits per heavy atom. The van der Waals surface area contributed by atoms with Crippen LogP contribution in [0.15, 0.2) is 40.9 Å². The van der Waals surface area contributed by atoms with Crippen LogP contribution in [0.5, 0.6) is 0 Å². The van der Waals surface area contributed by atoms with E-state index in [1.165, 1.54) is 21.9 Å². The molecular weight excluding hydrogens is 314 g/mol. The molecule has 1 aliphatic rings. The van der Waals surface area contributed by atoms with Gasteiger partial charge in [0.05, 0.1) is 0 Å². The first-order valence-electron chi connectivity index (χ1n) is 8.70. The molecule has 128 valence electrons. The van der Waals surface area contributed by atoms with E-state index in [1.54, 1.807) is 13.0 Å². The molecule has 3 aromatic rings. The Kier molecular flexibility index (Phi) is 3.92. The minimum Gasteiger partial charge on any atom is -0.373 e. The van der Waals surface area contributed by atoms with Crippen molar-refractivity contribution in [2.24, 2.45) is 0 Å². The van der Waals surface area contributed by atoms with E-state index in [2.05, 4.69) is 46.1 Å². The molecule has 1 aromatic heterocycles. The Morgan fingerprint density at radius 3 is 2.76 bits per heavy atom. The van der Waals surface area contributed by atoms with Crippen molar-refractivity contribution in [1.82, 2.24) is 5.16 Å². The van der Waals surface area contributed by atoms with Crippen LogP contribution in [0.3, 0.4) is 0 Å². The molecular formula is C20H21N3O2. The molecule has 2 aromatic carbocycles. The fourth-order valence-electron chi connectivity index (χ4n) is 3.55. The van der Waals surface area contributed by atoms with Gasteiger partial charge in [-0.05, 0) is 48.8 Å². The van der Waals surface area contributed by atoms with Crippen LogP contribution in [0.25, 0.3) is 10.8 Å². The standard InChI is InChI=1S/C20H21N3O2/c1-3-16(20(24)22-18-11-12(2)25-23-18)21-17-10-9-14-8-7-13-5-4-6-15(17)19(13)14/h4-6,9-11,16,21H,3,7-8H2,1-2H3,(H,22,23,24)/t16-/m0/s1. The molecule has 0 bridgehead atoms. The molecule has 2 N–H and O–H groups in total. The molecule has 1 heterocycles. The number of nitrogens with zero attached hydrogens (tertiary/aromatic N) is 1. The molecule has 0 saturated carbocycles. The Bertz CT molecular complexity index is 935. The second-order valence-electron chi connectivity index (χ2n) is 6.53. The molecule has 5 nitrogen and oxygen atoms in total. The van der Waals surface area contributed by atoms with E-state index >= 15 is 0 Å². The van der Waals surface area contributed by atoms with Crippen LogP contribution in [-0.2, 0) is 17.6 Å². The monoisotopic (exact) mass is 335 g/mol. The molecule has 0 saturated heterocycles. The molecule has 1 aliphatic carbocycles. The van der Waals surface area contributed by atoms with Gasteiger partial charge >= 0.3 is 0 Å². The van der Waals surface area contributed by atoms with Crippen molar-refractivity contribution >= 4 is 28.2 Å². The largest absolute Gasteiger partial charge is 0.373 e. The maximum absolute atomic E-state index is 12.6. The van der Waals surface area contributed by atoms with Gasteiger partial charge in [0, 0.05) is 17.1 Å². The van der Waals surface area contributed by atoms with Crippen LogP contribution >= 0.6 is 0 Å². The summed E-state index contributed by atoms with van der Waals surface area (Å²) in [6.07, 6.45) is 2.87. The van der Waals surface area contributed by atoms with Crippen LogP contribution in [0.2, 0.25) is 0 Å². The summed E-state index contributed by atoms with van der Waals surface area (Å²) in [5.74, 6) is 1.01. The molecule has 0 radical (unpaired) electrons. The number of carbonyl (C=O) groups excluding carboxylic acids is 1. The molecule has 5 heteroatoms. The Morgan fingerprint density at radius 2 is 2.04 bits per heavy atom. The zero-order chi connectivity index (χ0) is 17.4. The summed E-state index contributed by atoms with van der Waals surface area (Å²) < 4.78 is 5.00. The van der Waals surface area contributed by atoms with Gasteiger partial charge in [0.25, 0.3) is 0 Å². The van der Waals surface area contributed by atoms with Crippen molar-refractivity contribution in [3.05, 3.63) is 53.3 Å². The van der Waals surface area contributed by atoms with E-state index in [-0.39, 0.29) is 11.9 Å². The summed E-state index contributed by atoms with van der Waals surface area (Å²) in [6, 6.07) is 12.0. The maximum Gasteiger partial charge on any atom is 0.248 e. The van der Waals surface area contributed by atoms with Crippen LogP contribution in [0.4, 0.5) is 11.5 Å². The van der Waals surface area contributed by atoms with E-state index < -0.39 is 0 Å². The van der Waals surface area contributed by atoms with Crippen molar-refractivity contribution in [3.63, 3.8) is 0 Å². The van der Waals surface area contributed by atoms with E-state index in [0.717, 1.165) is 18.5 Å². The lowest BCUT2D eigenvalue weighted by Crippen LogP contribution is -2.34. The highest BCUT2D eigenvalue weighted by atomic mass is 16.5. The van der Waals surface area contributed by atoms with Crippen LogP contribution in [0.1, 0.15) is 30.2 Å². The van der Waals surface area contributed by atoms with Crippen LogP contribution in [-0.4, -0.2) is 17.1 Å². The van der Waals surface area contributed by atoms with E-state index in [0.29, 0.717) is 18.0 Å². The first-order chi connectivity index (χ1) is 12.2. The fraction of sp³-hybridized carbons (Fsp3) is 0.300. The van der Waals surface area contributed by atoms with Gasteiger partial charge in [0.15, 0.2) is 5.82 Å². The number of anilines is 2. The Balaban J connectivity index is 1.60. The molecule has 1 amide bonds. The molecule has 1 atom stereocenters. The Hall–Kier alpha value is -2.82. The predicted octanol–water partition coefficient (Wildman–Crippen LogP) is 4.06. The van der Waals surface area contributed by atoms with Gasteiger partial charge < -0.3 is 15.2 Å². The predicted molar refractivity (Wildman–Crippen MR) is 98.9 cm³/mol. The topological polar surface area (TPSA) is 67.2 Å². The second kappa shape index (κ2) is 6.24. The number of nitrogens with one attached hydrogen (secondary N) is 2. The van der Waals surface area contributed by atoms with Crippen molar-refractivity contribution < 1.29 is 9.32 Å². The number of carbonyl (C=O) groups is 1. The third kappa shape index (κ3) is 2.86.